The molecular formula is C21H24N6O2. The lowest BCUT2D eigenvalue weighted by Crippen LogP contribution is -2.50. The van der Waals surface area contributed by atoms with Gasteiger partial charge in [-0.25, -0.2) is 19.7 Å². The summed E-state index contributed by atoms with van der Waals surface area (Å²) >= 11 is 0. The molecule has 3 aromatic rings. The second kappa shape index (κ2) is 7.11. The number of anilines is 1. The Hall–Kier alpha value is -3.00. The van der Waals surface area contributed by atoms with Crippen LogP contribution >= 0.6 is 0 Å². The highest BCUT2D eigenvalue weighted by atomic mass is 16.4. The van der Waals surface area contributed by atoms with Gasteiger partial charge in [0.15, 0.2) is 5.65 Å². The standard InChI is InChI=1S/C21H24N6O2/c1-13-10-22-7-8-26(13)19-18-16(14-3-2-4-14)11-27(20(18)25-12-24-19)17-9-15(21(28)29)5-6-23-17/h5-6,9,11-14,22H,2-4,7-8,10H2,1H3,(H,28,29). The second-order valence-electron chi connectivity index (χ2n) is 7.93. The van der Waals surface area contributed by atoms with Crippen LogP contribution < -0.4 is 10.2 Å². The van der Waals surface area contributed by atoms with Gasteiger partial charge in [-0.05, 0) is 43.4 Å². The predicted octanol–water partition coefficient (Wildman–Crippen LogP) is 2.58. The van der Waals surface area contributed by atoms with E-state index in [1.807, 2.05) is 4.57 Å². The van der Waals surface area contributed by atoms with Crippen LogP contribution in [0.5, 0.6) is 0 Å². The average Bonchev–Trinajstić information content (AvgIpc) is 3.07. The Balaban J connectivity index is 1.71. The number of fused-ring (bicyclic) bond motifs is 1. The fourth-order valence-corrected chi connectivity index (χ4v) is 4.33. The van der Waals surface area contributed by atoms with E-state index in [-0.39, 0.29) is 5.56 Å². The highest BCUT2D eigenvalue weighted by Crippen LogP contribution is 2.43. The van der Waals surface area contributed by atoms with Crippen molar-refractivity contribution in [1.82, 2.24) is 24.8 Å². The van der Waals surface area contributed by atoms with Crippen LogP contribution in [0.1, 0.15) is 48.0 Å². The van der Waals surface area contributed by atoms with Gasteiger partial charge in [0.1, 0.15) is 18.0 Å². The highest BCUT2D eigenvalue weighted by molar-refractivity contribution is 5.93. The maximum atomic E-state index is 11.4. The van der Waals surface area contributed by atoms with Crippen molar-refractivity contribution in [2.75, 3.05) is 24.5 Å². The molecule has 2 N–H and O–H groups in total. The Morgan fingerprint density at radius 1 is 1.28 bits per heavy atom. The van der Waals surface area contributed by atoms with Crippen molar-refractivity contribution in [2.45, 2.75) is 38.1 Å². The van der Waals surface area contributed by atoms with Gasteiger partial charge in [-0.15, -0.1) is 0 Å². The summed E-state index contributed by atoms with van der Waals surface area (Å²) in [5.74, 6) is 1.07. The lowest BCUT2D eigenvalue weighted by atomic mass is 9.80. The number of hydrogen-bond acceptors (Lipinski definition) is 6. The van der Waals surface area contributed by atoms with Gasteiger partial charge in [0, 0.05) is 38.1 Å². The first-order valence-corrected chi connectivity index (χ1v) is 10.2. The fraction of sp³-hybridized carbons (Fsp3) is 0.429. The number of pyridine rings is 1. The van der Waals surface area contributed by atoms with E-state index in [9.17, 15) is 9.90 Å². The molecule has 2 fully saturated rings. The number of aromatic nitrogens is 4. The Bertz CT molecular complexity index is 1070. The molecule has 0 spiro atoms. The van der Waals surface area contributed by atoms with Crippen LogP contribution in [0.2, 0.25) is 0 Å². The van der Waals surface area contributed by atoms with Crippen LogP contribution in [0.15, 0.2) is 30.9 Å². The van der Waals surface area contributed by atoms with Crippen molar-refractivity contribution in [1.29, 1.82) is 0 Å². The minimum Gasteiger partial charge on any atom is -0.478 e. The Labute approximate surface area is 168 Å². The van der Waals surface area contributed by atoms with E-state index in [0.29, 0.717) is 17.8 Å². The normalized spacial score (nSPS) is 20.0. The summed E-state index contributed by atoms with van der Waals surface area (Å²) in [7, 11) is 0. The van der Waals surface area contributed by atoms with Crippen molar-refractivity contribution >= 4 is 22.8 Å². The Morgan fingerprint density at radius 2 is 2.14 bits per heavy atom. The number of aromatic carboxylic acids is 1. The smallest absolute Gasteiger partial charge is 0.335 e. The quantitative estimate of drug-likeness (QED) is 0.704. The monoisotopic (exact) mass is 392 g/mol. The summed E-state index contributed by atoms with van der Waals surface area (Å²) in [6.45, 7) is 4.96. The largest absolute Gasteiger partial charge is 0.478 e. The summed E-state index contributed by atoms with van der Waals surface area (Å²) in [4.78, 5) is 27.5. The van der Waals surface area contributed by atoms with Gasteiger partial charge < -0.3 is 15.3 Å². The second-order valence-corrected chi connectivity index (χ2v) is 7.93. The maximum absolute atomic E-state index is 11.4. The Morgan fingerprint density at radius 3 is 2.86 bits per heavy atom. The SMILES string of the molecule is CC1CNCCN1c1ncnc2c1c(C1CCC1)cn2-c1cc(C(=O)O)ccn1. The maximum Gasteiger partial charge on any atom is 0.335 e. The topological polar surface area (TPSA) is 96.2 Å². The third-order valence-corrected chi connectivity index (χ3v) is 6.15. The first-order chi connectivity index (χ1) is 14.1. The van der Waals surface area contributed by atoms with Crippen LogP contribution in [-0.2, 0) is 0 Å². The molecule has 1 atom stereocenters. The first kappa shape index (κ1) is 18.1. The van der Waals surface area contributed by atoms with E-state index < -0.39 is 5.97 Å². The molecule has 2 aliphatic rings. The molecule has 0 radical (unpaired) electrons. The van der Waals surface area contributed by atoms with Gasteiger partial charge in [-0.2, -0.15) is 0 Å². The lowest BCUT2D eigenvalue weighted by Gasteiger charge is -2.35. The number of hydrogen-bond donors (Lipinski definition) is 2. The number of nitrogens with zero attached hydrogens (tertiary/aromatic N) is 5. The van der Waals surface area contributed by atoms with Crippen LogP contribution in [0.3, 0.4) is 0 Å². The number of carboxylic acid groups (broad SMARTS) is 1. The Kier molecular flexibility index (Phi) is 4.43. The summed E-state index contributed by atoms with van der Waals surface area (Å²) in [6.07, 6.45) is 8.79. The van der Waals surface area contributed by atoms with Gasteiger partial charge in [0.25, 0.3) is 0 Å². The van der Waals surface area contributed by atoms with E-state index in [1.165, 1.54) is 24.2 Å². The summed E-state index contributed by atoms with van der Waals surface area (Å²) in [5.41, 5.74) is 2.25. The zero-order valence-electron chi connectivity index (χ0n) is 16.4. The van der Waals surface area contributed by atoms with E-state index in [4.69, 9.17) is 4.98 Å². The number of rotatable bonds is 4. The number of piperazine rings is 1. The molecule has 1 unspecified atom stereocenters. The molecule has 3 aromatic heterocycles. The molecule has 0 amide bonds. The molecular weight excluding hydrogens is 368 g/mol. The van der Waals surface area contributed by atoms with Gasteiger partial charge in [0.2, 0.25) is 0 Å². The van der Waals surface area contributed by atoms with Gasteiger partial charge >= 0.3 is 5.97 Å². The summed E-state index contributed by atoms with van der Waals surface area (Å²) in [5, 5.41) is 13.9. The number of nitrogens with one attached hydrogen (secondary N) is 1. The minimum atomic E-state index is -0.964. The number of carboxylic acids is 1. The van der Waals surface area contributed by atoms with Gasteiger partial charge in [-0.1, -0.05) is 6.42 Å². The van der Waals surface area contributed by atoms with Crippen molar-refractivity contribution in [3.63, 3.8) is 0 Å². The lowest BCUT2D eigenvalue weighted by molar-refractivity contribution is 0.0696. The van der Waals surface area contributed by atoms with E-state index in [0.717, 1.165) is 49.3 Å². The first-order valence-electron chi connectivity index (χ1n) is 10.2. The van der Waals surface area contributed by atoms with Crippen LogP contribution in [0, 0.1) is 0 Å². The van der Waals surface area contributed by atoms with Gasteiger partial charge in [-0.3, -0.25) is 4.57 Å². The molecule has 8 heteroatoms. The van der Waals surface area contributed by atoms with Crippen molar-refractivity contribution in [2.24, 2.45) is 0 Å². The minimum absolute atomic E-state index is 0.215. The highest BCUT2D eigenvalue weighted by Gasteiger charge is 2.30. The van der Waals surface area contributed by atoms with Crippen molar-refractivity contribution in [3.8, 4) is 5.82 Å². The zero-order chi connectivity index (χ0) is 20.0. The molecule has 1 saturated carbocycles. The van der Waals surface area contributed by atoms with Crippen molar-refractivity contribution < 1.29 is 9.90 Å². The van der Waals surface area contributed by atoms with Gasteiger partial charge in [0.05, 0.1) is 10.9 Å². The average molecular weight is 392 g/mol. The van der Waals surface area contributed by atoms with Crippen LogP contribution in [0.4, 0.5) is 5.82 Å². The predicted molar refractivity (Wildman–Crippen MR) is 110 cm³/mol. The van der Waals surface area contributed by atoms with E-state index in [2.05, 4.69) is 33.3 Å². The van der Waals surface area contributed by atoms with Crippen LogP contribution in [-0.4, -0.2) is 56.3 Å². The number of carbonyl (C=O) groups is 1. The third kappa shape index (κ3) is 3.04. The molecule has 4 heterocycles. The van der Waals surface area contributed by atoms with Crippen molar-refractivity contribution in [3.05, 3.63) is 42.0 Å². The fourth-order valence-electron chi connectivity index (χ4n) is 4.33. The third-order valence-electron chi connectivity index (χ3n) is 6.15. The molecule has 1 aliphatic carbocycles. The molecule has 150 valence electrons. The molecule has 8 nitrogen and oxygen atoms in total. The molecule has 0 aromatic carbocycles. The van der Waals surface area contributed by atoms with E-state index >= 15 is 0 Å². The summed E-state index contributed by atoms with van der Waals surface area (Å²) in [6, 6.07) is 3.45. The molecule has 1 aliphatic heterocycles. The van der Waals surface area contributed by atoms with Crippen LogP contribution in [0.25, 0.3) is 16.9 Å². The molecule has 0 bridgehead atoms. The molecule has 1 saturated heterocycles. The molecule has 29 heavy (non-hydrogen) atoms. The van der Waals surface area contributed by atoms with E-state index in [1.54, 1.807) is 12.4 Å². The molecule has 5 rings (SSSR count). The zero-order valence-corrected chi connectivity index (χ0v) is 16.4. The summed E-state index contributed by atoms with van der Waals surface area (Å²) < 4.78 is 1.92.